The number of nitrogens with zero attached hydrogens (tertiary/aromatic N) is 3. The van der Waals surface area contributed by atoms with E-state index in [2.05, 4.69) is 9.97 Å². The molecule has 2 heterocycles. The van der Waals surface area contributed by atoms with E-state index >= 15 is 0 Å². The van der Waals surface area contributed by atoms with E-state index in [1.165, 1.54) is 22.8 Å². The van der Waals surface area contributed by atoms with E-state index in [-0.39, 0.29) is 16.3 Å². The summed E-state index contributed by atoms with van der Waals surface area (Å²) in [7, 11) is -4.46. The Hall–Kier alpha value is -3.85. The van der Waals surface area contributed by atoms with Crippen LogP contribution in [0.1, 0.15) is 56.2 Å². The lowest BCUT2D eigenvalue weighted by Gasteiger charge is -2.23. The van der Waals surface area contributed by atoms with Crippen molar-refractivity contribution < 1.29 is 17.9 Å². The summed E-state index contributed by atoms with van der Waals surface area (Å²) in [6.45, 7) is 5.60. The Morgan fingerprint density at radius 3 is 2.37 bits per heavy atom. The van der Waals surface area contributed by atoms with Gasteiger partial charge in [0.2, 0.25) is 15.7 Å². The standard InChI is InChI=1S/C29H30FN3O4S/c1-4-6-13-26-32-28(34)27(29(35)33(26)25(5-2)23-10-7-8-12-24(23)30)38(36,37)21-16-14-20(15-17-21)22-11-9-18-31-19(22)3/h7-12,14-18,25,34H,4-6,13H2,1-3H3. The van der Waals surface area contributed by atoms with Crippen LogP contribution in [0.25, 0.3) is 11.1 Å². The number of unbranched alkanes of at least 4 members (excludes halogenated alkanes) is 1. The third-order valence-corrected chi connectivity index (χ3v) is 8.38. The molecule has 2 aromatic carbocycles. The zero-order valence-electron chi connectivity index (χ0n) is 21.6. The maximum atomic E-state index is 14.8. The molecular formula is C29H30FN3O4S. The highest BCUT2D eigenvalue weighted by Crippen LogP contribution is 2.31. The zero-order chi connectivity index (χ0) is 27.4. The maximum absolute atomic E-state index is 14.8. The summed E-state index contributed by atoms with van der Waals surface area (Å²) in [6, 6.07) is 15.0. The number of aromatic hydroxyl groups is 1. The average molecular weight is 536 g/mol. The molecule has 0 saturated carbocycles. The Morgan fingerprint density at radius 1 is 1.03 bits per heavy atom. The van der Waals surface area contributed by atoms with Gasteiger partial charge in [0, 0.05) is 29.4 Å². The lowest BCUT2D eigenvalue weighted by molar-refractivity contribution is 0.403. The van der Waals surface area contributed by atoms with E-state index in [0.717, 1.165) is 23.2 Å². The van der Waals surface area contributed by atoms with Crippen LogP contribution in [0.4, 0.5) is 4.39 Å². The molecule has 0 radical (unpaired) electrons. The van der Waals surface area contributed by atoms with Crippen molar-refractivity contribution in [3.05, 3.63) is 100 Å². The summed E-state index contributed by atoms with van der Waals surface area (Å²) < 4.78 is 43.4. The lowest BCUT2D eigenvalue weighted by atomic mass is 10.0. The normalized spacial score (nSPS) is 12.4. The average Bonchev–Trinajstić information content (AvgIpc) is 2.90. The third kappa shape index (κ3) is 5.11. The number of aryl methyl sites for hydroxylation is 2. The van der Waals surface area contributed by atoms with Crippen LogP contribution in [0.15, 0.2) is 81.4 Å². The second-order valence-electron chi connectivity index (χ2n) is 9.07. The molecule has 0 amide bonds. The molecule has 0 aliphatic carbocycles. The van der Waals surface area contributed by atoms with Crippen molar-refractivity contribution in [1.29, 1.82) is 0 Å². The van der Waals surface area contributed by atoms with E-state index in [1.54, 1.807) is 49.5 Å². The number of pyridine rings is 1. The van der Waals surface area contributed by atoms with Crippen molar-refractivity contribution in [3.8, 4) is 17.0 Å². The number of aromatic nitrogens is 3. The number of rotatable bonds is 9. The monoisotopic (exact) mass is 535 g/mol. The van der Waals surface area contributed by atoms with Gasteiger partial charge >= 0.3 is 0 Å². The fourth-order valence-corrected chi connectivity index (χ4v) is 5.97. The molecule has 0 aliphatic heterocycles. The van der Waals surface area contributed by atoms with Crippen LogP contribution in [0.5, 0.6) is 5.88 Å². The van der Waals surface area contributed by atoms with Gasteiger partial charge in [0.1, 0.15) is 11.6 Å². The molecule has 1 N–H and O–H groups in total. The van der Waals surface area contributed by atoms with Crippen molar-refractivity contribution in [3.63, 3.8) is 0 Å². The summed E-state index contributed by atoms with van der Waals surface area (Å²) >= 11 is 0. The molecule has 0 fully saturated rings. The van der Waals surface area contributed by atoms with Gasteiger partial charge in [-0.05, 0) is 49.6 Å². The van der Waals surface area contributed by atoms with Gasteiger partial charge in [0.25, 0.3) is 5.56 Å². The summed E-state index contributed by atoms with van der Waals surface area (Å²) in [5.41, 5.74) is 1.72. The van der Waals surface area contributed by atoms with Gasteiger partial charge in [-0.25, -0.2) is 12.8 Å². The SMILES string of the molecule is CCCCc1nc(O)c(S(=O)(=O)c2ccc(-c3cccnc3C)cc2)c(=O)n1C(CC)c1ccccc1F. The lowest BCUT2D eigenvalue weighted by Crippen LogP contribution is -2.34. The summed E-state index contributed by atoms with van der Waals surface area (Å²) in [5.74, 6) is -1.15. The van der Waals surface area contributed by atoms with E-state index in [1.807, 2.05) is 19.9 Å². The molecule has 1 atom stereocenters. The first-order chi connectivity index (χ1) is 18.2. The molecule has 0 saturated heterocycles. The van der Waals surface area contributed by atoms with Crippen LogP contribution in [-0.2, 0) is 16.3 Å². The number of halogens is 1. The summed E-state index contributed by atoms with van der Waals surface area (Å²) in [5, 5.41) is 10.8. The Balaban J connectivity index is 1.88. The van der Waals surface area contributed by atoms with E-state index in [4.69, 9.17) is 0 Å². The molecule has 198 valence electrons. The fourth-order valence-electron chi connectivity index (χ4n) is 4.62. The van der Waals surface area contributed by atoms with E-state index in [0.29, 0.717) is 19.3 Å². The molecule has 9 heteroatoms. The molecule has 0 bridgehead atoms. The van der Waals surface area contributed by atoms with Crippen LogP contribution in [0.2, 0.25) is 0 Å². The minimum atomic E-state index is -4.46. The Morgan fingerprint density at radius 2 is 1.74 bits per heavy atom. The Kier molecular flexibility index (Phi) is 8.06. The molecule has 0 spiro atoms. The smallest absolute Gasteiger partial charge is 0.277 e. The van der Waals surface area contributed by atoms with Gasteiger partial charge in [-0.1, -0.05) is 56.7 Å². The van der Waals surface area contributed by atoms with Crippen LogP contribution < -0.4 is 5.56 Å². The van der Waals surface area contributed by atoms with Crippen molar-refractivity contribution in [2.45, 2.75) is 62.3 Å². The van der Waals surface area contributed by atoms with Gasteiger partial charge in [-0.15, -0.1) is 0 Å². The molecule has 38 heavy (non-hydrogen) atoms. The minimum absolute atomic E-state index is 0.163. The first kappa shape index (κ1) is 27.2. The molecule has 1 unspecified atom stereocenters. The van der Waals surface area contributed by atoms with E-state index < -0.39 is 38.0 Å². The maximum Gasteiger partial charge on any atom is 0.277 e. The Labute approximate surface area is 221 Å². The van der Waals surface area contributed by atoms with Crippen molar-refractivity contribution in [2.24, 2.45) is 0 Å². The Bertz CT molecular complexity index is 1620. The molecular weight excluding hydrogens is 505 g/mol. The number of hydrogen-bond acceptors (Lipinski definition) is 6. The molecule has 0 aliphatic rings. The first-order valence-corrected chi connectivity index (χ1v) is 14.0. The third-order valence-electron chi connectivity index (χ3n) is 6.60. The quantitative estimate of drug-likeness (QED) is 0.298. The fraction of sp³-hybridized carbons (Fsp3) is 0.276. The molecule has 2 aromatic heterocycles. The van der Waals surface area contributed by atoms with Crippen LogP contribution in [0.3, 0.4) is 0 Å². The molecule has 7 nitrogen and oxygen atoms in total. The molecule has 4 aromatic rings. The molecule has 4 rings (SSSR count). The highest BCUT2D eigenvalue weighted by molar-refractivity contribution is 7.91. The zero-order valence-corrected chi connectivity index (χ0v) is 22.4. The topological polar surface area (TPSA) is 102 Å². The van der Waals surface area contributed by atoms with Crippen molar-refractivity contribution >= 4 is 9.84 Å². The number of benzene rings is 2. The summed E-state index contributed by atoms with van der Waals surface area (Å²) in [4.78, 5) is 21.3. The van der Waals surface area contributed by atoms with Crippen molar-refractivity contribution in [1.82, 2.24) is 14.5 Å². The number of hydrogen-bond donors (Lipinski definition) is 1. The van der Waals surface area contributed by atoms with E-state index in [9.17, 15) is 22.7 Å². The second-order valence-corrected chi connectivity index (χ2v) is 11.0. The van der Waals surface area contributed by atoms with Gasteiger partial charge in [0.15, 0.2) is 4.90 Å². The highest BCUT2D eigenvalue weighted by Gasteiger charge is 2.32. The second kappa shape index (κ2) is 11.3. The van der Waals surface area contributed by atoms with Gasteiger partial charge < -0.3 is 5.11 Å². The van der Waals surface area contributed by atoms with Crippen LogP contribution in [-0.4, -0.2) is 28.1 Å². The first-order valence-electron chi connectivity index (χ1n) is 12.6. The predicted molar refractivity (Wildman–Crippen MR) is 143 cm³/mol. The van der Waals surface area contributed by atoms with Crippen LogP contribution >= 0.6 is 0 Å². The van der Waals surface area contributed by atoms with Gasteiger partial charge in [-0.2, -0.15) is 4.98 Å². The summed E-state index contributed by atoms with van der Waals surface area (Å²) in [6.07, 6.45) is 3.75. The van der Waals surface area contributed by atoms with Crippen molar-refractivity contribution in [2.75, 3.05) is 0 Å². The predicted octanol–water partition coefficient (Wildman–Crippen LogP) is 5.63. The van der Waals surface area contributed by atoms with Gasteiger partial charge in [0.05, 0.1) is 10.9 Å². The largest absolute Gasteiger partial charge is 0.492 e. The number of sulfone groups is 1. The highest BCUT2D eigenvalue weighted by atomic mass is 32.2. The van der Waals surface area contributed by atoms with Gasteiger partial charge in [-0.3, -0.25) is 14.3 Å². The van der Waals surface area contributed by atoms with Crippen LogP contribution in [0, 0.1) is 12.7 Å². The minimum Gasteiger partial charge on any atom is -0.492 e.